The van der Waals surface area contributed by atoms with Crippen molar-refractivity contribution in [3.8, 4) is 28.3 Å². The molecule has 6 heteroatoms. The largest absolute Gasteiger partial charge is 0.500 e. The summed E-state index contributed by atoms with van der Waals surface area (Å²) in [4.78, 5) is 9.71. The molecule has 7 aromatic carbocycles. The molecule has 3 aromatic heterocycles. The van der Waals surface area contributed by atoms with Crippen LogP contribution in [0.15, 0.2) is 138 Å². The monoisotopic (exact) mass is 993 g/mol. The number of furan rings is 1. The number of benzene rings is 7. The van der Waals surface area contributed by atoms with Crippen LogP contribution in [0.3, 0.4) is 0 Å². The second-order valence-corrected chi connectivity index (χ2v) is 22.7. The molecule has 1 radical (unpaired) electrons. The number of rotatable bonds is 6. The molecule has 10 aromatic rings. The van der Waals surface area contributed by atoms with E-state index in [-0.39, 0.29) is 20.1 Å². The zero-order valence-corrected chi connectivity index (χ0v) is 39.3. The second-order valence-electron chi connectivity index (χ2n) is 17.6. The van der Waals surface area contributed by atoms with E-state index in [1.807, 2.05) is 18.3 Å². The van der Waals surface area contributed by atoms with Crippen LogP contribution in [0.5, 0.6) is 0 Å². The molecule has 0 aliphatic carbocycles. The van der Waals surface area contributed by atoms with Gasteiger partial charge in [0.15, 0.2) is 0 Å². The van der Waals surface area contributed by atoms with Gasteiger partial charge in [0.2, 0.25) is 0 Å². The maximum atomic E-state index is 7.35. The minimum atomic E-state index is -2.08. The SMILES string of the molecule is Cc1cc(C(C)C)c(-n2c(-c3[c-]cc4oc5c(ccc6c7ccccc7ccc65)c4c3)nc3ccccc32)c(C(C)C)c1.[2H]C([2H])([2H])c1c[c-]c(-c2ccc([Si](C)(C)C)cn2)cc1.[Ir]. The van der Waals surface area contributed by atoms with E-state index in [2.05, 4.69) is 173 Å². The van der Waals surface area contributed by atoms with Gasteiger partial charge < -0.3 is 14.0 Å². The fraction of sp³-hybridized carbons (Fsp3) is 0.200. The first kappa shape index (κ1) is 38.3. The molecule has 61 heavy (non-hydrogen) atoms. The number of hydrogen-bond donors (Lipinski definition) is 0. The van der Waals surface area contributed by atoms with Crippen LogP contribution in [-0.4, -0.2) is 22.6 Å². The Labute approximate surface area is 378 Å². The summed E-state index contributed by atoms with van der Waals surface area (Å²) in [5, 5.41) is 8.30. The van der Waals surface area contributed by atoms with Crippen LogP contribution >= 0.6 is 0 Å². The third-order valence-electron chi connectivity index (χ3n) is 11.6. The van der Waals surface area contributed by atoms with Crippen molar-refractivity contribution in [3.05, 3.63) is 168 Å². The van der Waals surface area contributed by atoms with Crippen LogP contribution in [0, 0.1) is 25.9 Å². The standard InChI is InChI=1S/C40H33N2O.C15H18NSi.Ir/c1-23(2)32-20-25(5)21-33(24(3)4)38(32)42-36-13-9-8-12-35(36)41-40(42)27-15-19-37-34(22-27)31-18-17-29-28-11-7-6-10-26(28)14-16-30(29)39(31)43-37;1-12-5-7-13(8-6-12)15-10-9-14(11-16-15)17(2,3)4;/h6-14,16-24H,1-5H3;5-7,9-11H,1-4H3;/q2*-1;/i;1D3;. The quantitative estimate of drug-likeness (QED) is 0.0947. The van der Waals surface area contributed by atoms with Crippen molar-refractivity contribution in [2.75, 3.05) is 0 Å². The van der Waals surface area contributed by atoms with Gasteiger partial charge >= 0.3 is 0 Å². The molecule has 0 aliphatic rings. The van der Waals surface area contributed by atoms with Gasteiger partial charge in [-0.05, 0) is 69.1 Å². The molecule has 4 nitrogen and oxygen atoms in total. The van der Waals surface area contributed by atoms with Gasteiger partial charge in [-0.3, -0.25) is 4.98 Å². The summed E-state index contributed by atoms with van der Waals surface area (Å²) in [6.07, 6.45) is 1.92. The Balaban J connectivity index is 0.000000225. The van der Waals surface area contributed by atoms with Gasteiger partial charge in [-0.1, -0.05) is 150 Å². The van der Waals surface area contributed by atoms with Crippen LogP contribution in [0.4, 0.5) is 0 Å². The molecule has 0 spiro atoms. The minimum absolute atomic E-state index is 0. The number of pyridine rings is 1. The first-order valence-electron chi connectivity index (χ1n) is 22.4. The van der Waals surface area contributed by atoms with Crippen molar-refractivity contribution in [2.45, 2.75) is 72.9 Å². The molecule has 0 saturated carbocycles. The Kier molecular flexibility index (Phi) is 10.5. The summed E-state index contributed by atoms with van der Waals surface area (Å²) in [5.74, 6) is 1.61. The molecule has 0 bridgehead atoms. The molecule has 3 heterocycles. The van der Waals surface area contributed by atoms with Gasteiger partial charge in [0, 0.05) is 46.9 Å². The number of para-hydroxylation sites is 2. The van der Waals surface area contributed by atoms with E-state index in [0.717, 1.165) is 61.0 Å². The predicted octanol–water partition coefficient (Wildman–Crippen LogP) is 14.7. The zero-order chi connectivity index (χ0) is 44.4. The number of aromatic nitrogens is 3. The molecule has 307 valence electrons. The molecule has 0 amide bonds. The van der Waals surface area contributed by atoms with E-state index in [0.29, 0.717) is 17.4 Å². The first-order chi connectivity index (χ1) is 30.1. The number of nitrogens with zero attached hydrogens (tertiary/aromatic N) is 3. The van der Waals surface area contributed by atoms with E-state index in [1.165, 1.54) is 49.8 Å². The smallest absolute Gasteiger partial charge is 0.128 e. The Hall–Kier alpha value is -5.65. The van der Waals surface area contributed by atoms with E-state index in [9.17, 15) is 0 Å². The Morgan fingerprint density at radius 1 is 0.672 bits per heavy atom. The average molecular weight is 993 g/mol. The average Bonchev–Trinajstić information content (AvgIpc) is 3.84. The van der Waals surface area contributed by atoms with E-state index in [1.54, 1.807) is 12.1 Å². The molecule has 0 fully saturated rings. The second kappa shape index (κ2) is 16.7. The van der Waals surface area contributed by atoms with Crippen molar-refractivity contribution in [2.24, 2.45) is 0 Å². The van der Waals surface area contributed by atoms with E-state index in [4.69, 9.17) is 13.5 Å². The van der Waals surface area contributed by atoms with E-state index < -0.39 is 14.9 Å². The fourth-order valence-corrected chi connectivity index (χ4v) is 9.42. The molecule has 0 unspecified atom stereocenters. The summed E-state index contributed by atoms with van der Waals surface area (Å²) < 4.78 is 31.0. The number of imidazole rings is 1. The third kappa shape index (κ3) is 7.89. The van der Waals surface area contributed by atoms with Gasteiger partial charge in [-0.25, -0.2) is 0 Å². The number of fused-ring (bicyclic) bond motifs is 8. The zero-order valence-electron chi connectivity index (χ0n) is 38.9. The molecule has 10 rings (SSSR count). The first-order valence-corrected chi connectivity index (χ1v) is 24.4. The van der Waals surface area contributed by atoms with Crippen LogP contribution in [0.1, 0.15) is 65.9 Å². The summed E-state index contributed by atoms with van der Waals surface area (Å²) in [6, 6.07) is 50.3. The van der Waals surface area contributed by atoms with Crippen LogP contribution in [0.2, 0.25) is 19.6 Å². The summed E-state index contributed by atoms with van der Waals surface area (Å²) >= 11 is 0. The fourth-order valence-electron chi connectivity index (χ4n) is 8.38. The molecule has 0 atom stereocenters. The summed E-state index contributed by atoms with van der Waals surface area (Å²) in [5.41, 5.74) is 11.9. The minimum Gasteiger partial charge on any atom is -0.500 e. The Morgan fingerprint density at radius 2 is 1.36 bits per heavy atom. The molecular weight excluding hydrogens is 939 g/mol. The predicted molar refractivity (Wildman–Crippen MR) is 257 cm³/mol. The van der Waals surface area contributed by atoms with Crippen LogP contribution < -0.4 is 5.19 Å². The topological polar surface area (TPSA) is 43.9 Å². The number of hydrogen-bond acceptors (Lipinski definition) is 3. The molecule has 0 aliphatic heterocycles. The van der Waals surface area contributed by atoms with Gasteiger partial charge in [-0.2, -0.15) is 0 Å². The van der Waals surface area contributed by atoms with Crippen molar-refractivity contribution >= 4 is 67.8 Å². The Bertz CT molecular complexity index is 3240. The van der Waals surface area contributed by atoms with Gasteiger partial charge in [0.25, 0.3) is 0 Å². The van der Waals surface area contributed by atoms with Crippen molar-refractivity contribution < 1.29 is 28.6 Å². The van der Waals surface area contributed by atoms with Crippen molar-refractivity contribution in [1.82, 2.24) is 14.5 Å². The van der Waals surface area contributed by atoms with Gasteiger partial charge in [0.1, 0.15) is 5.58 Å². The molecule has 0 N–H and O–H groups in total. The van der Waals surface area contributed by atoms with Gasteiger partial charge in [-0.15, -0.1) is 59.2 Å². The summed E-state index contributed by atoms with van der Waals surface area (Å²) in [7, 11) is -1.34. The maximum absolute atomic E-state index is 7.35. The van der Waals surface area contributed by atoms with Crippen LogP contribution in [0.25, 0.3) is 82.8 Å². The van der Waals surface area contributed by atoms with Gasteiger partial charge in [0.05, 0.1) is 30.5 Å². The maximum Gasteiger partial charge on any atom is 0.128 e. The third-order valence-corrected chi connectivity index (χ3v) is 13.6. The summed E-state index contributed by atoms with van der Waals surface area (Å²) in [6.45, 7) is 16.1. The van der Waals surface area contributed by atoms with Crippen molar-refractivity contribution in [3.63, 3.8) is 0 Å². The normalized spacial score (nSPS) is 12.8. The van der Waals surface area contributed by atoms with Crippen LogP contribution in [-0.2, 0) is 20.1 Å². The Morgan fingerprint density at radius 3 is 2.05 bits per heavy atom. The van der Waals surface area contributed by atoms with Crippen molar-refractivity contribution in [1.29, 1.82) is 0 Å². The molecule has 0 saturated heterocycles. The molecular formula is C55H51IrN3OSi-2. The van der Waals surface area contributed by atoms with E-state index >= 15 is 0 Å². The number of aryl methyl sites for hydroxylation is 2.